The predicted molar refractivity (Wildman–Crippen MR) is 76.4 cm³/mol. The van der Waals surface area contributed by atoms with E-state index in [1.54, 1.807) is 12.1 Å². The molecule has 1 saturated heterocycles. The number of aromatic nitrogens is 1. The Morgan fingerprint density at radius 2 is 2.43 bits per heavy atom. The van der Waals surface area contributed by atoms with Crippen molar-refractivity contribution in [2.24, 2.45) is 0 Å². The Bertz CT molecular complexity index is 657. The number of benzene rings is 1. The van der Waals surface area contributed by atoms with Crippen LogP contribution in [0.25, 0.3) is 11.1 Å². The van der Waals surface area contributed by atoms with Gasteiger partial charge in [-0.15, -0.1) is 0 Å². The van der Waals surface area contributed by atoms with Crippen LogP contribution in [0.15, 0.2) is 22.6 Å². The number of oxazole rings is 1. The van der Waals surface area contributed by atoms with E-state index in [0.717, 1.165) is 13.1 Å². The zero-order valence-corrected chi connectivity index (χ0v) is 11.6. The minimum absolute atomic E-state index is 0.0498. The Hall–Kier alpha value is -2.19. The number of nitro groups is 1. The number of fused-ring (bicyclic) bond motifs is 1. The standard InChI is InChI=1S/C13H16N4O4/c1-16-5-6-20-9(8-16)7-14-13-15-12-10(17(18)19)3-2-4-11(12)21-13/h2-4,9H,5-8H2,1H3,(H,14,15). The summed E-state index contributed by atoms with van der Waals surface area (Å²) in [6.45, 7) is 2.99. The molecule has 1 aromatic heterocycles. The molecule has 1 N–H and O–H groups in total. The number of ether oxygens (including phenoxy) is 1. The first-order valence-corrected chi connectivity index (χ1v) is 6.71. The first-order valence-electron chi connectivity index (χ1n) is 6.71. The van der Waals surface area contributed by atoms with Crippen LogP contribution < -0.4 is 5.32 Å². The zero-order valence-electron chi connectivity index (χ0n) is 11.6. The molecule has 1 aliphatic heterocycles. The van der Waals surface area contributed by atoms with Gasteiger partial charge >= 0.3 is 0 Å². The third-order valence-electron chi connectivity index (χ3n) is 3.42. The molecule has 112 valence electrons. The lowest BCUT2D eigenvalue weighted by Gasteiger charge is -2.29. The van der Waals surface area contributed by atoms with Gasteiger partial charge in [0.05, 0.1) is 17.6 Å². The summed E-state index contributed by atoms with van der Waals surface area (Å²) in [6.07, 6.45) is 0.0498. The van der Waals surface area contributed by atoms with E-state index in [2.05, 4.69) is 15.2 Å². The SMILES string of the molecule is CN1CCOC(CNc2nc3c([N+](=O)[O-])cccc3o2)C1. The highest BCUT2D eigenvalue weighted by atomic mass is 16.6. The van der Waals surface area contributed by atoms with Gasteiger partial charge in [0, 0.05) is 25.7 Å². The number of nitrogens with zero attached hydrogens (tertiary/aromatic N) is 3. The molecule has 21 heavy (non-hydrogen) atoms. The maximum atomic E-state index is 10.9. The number of morpholine rings is 1. The average molecular weight is 292 g/mol. The van der Waals surface area contributed by atoms with Gasteiger partial charge in [-0.3, -0.25) is 10.1 Å². The maximum Gasteiger partial charge on any atom is 0.298 e. The minimum Gasteiger partial charge on any atom is -0.423 e. The van der Waals surface area contributed by atoms with Crippen molar-refractivity contribution in [3.05, 3.63) is 28.3 Å². The molecule has 0 radical (unpaired) electrons. The van der Waals surface area contributed by atoms with E-state index in [4.69, 9.17) is 9.15 Å². The third kappa shape index (κ3) is 2.96. The smallest absolute Gasteiger partial charge is 0.298 e. The van der Waals surface area contributed by atoms with Crippen molar-refractivity contribution in [2.75, 3.05) is 38.6 Å². The molecule has 3 rings (SSSR count). The Kier molecular flexibility index (Phi) is 3.72. The molecule has 0 amide bonds. The van der Waals surface area contributed by atoms with Gasteiger partial charge in [0.15, 0.2) is 11.1 Å². The Morgan fingerprint density at radius 3 is 3.19 bits per heavy atom. The average Bonchev–Trinajstić information content (AvgIpc) is 2.87. The molecule has 0 saturated carbocycles. The van der Waals surface area contributed by atoms with Crippen LogP contribution in [0.4, 0.5) is 11.7 Å². The van der Waals surface area contributed by atoms with Crippen LogP contribution in [0.5, 0.6) is 0 Å². The largest absolute Gasteiger partial charge is 0.423 e. The van der Waals surface area contributed by atoms with Crippen LogP contribution in [-0.4, -0.2) is 54.2 Å². The second kappa shape index (κ2) is 5.66. The van der Waals surface area contributed by atoms with E-state index >= 15 is 0 Å². The predicted octanol–water partition coefficient (Wildman–Crippen LogP) is 1.48. The number of nitrogens with one attached hydrogen (secondary N) is 1. The molecule has 8 nitrogen and oxygen atoms in total. The van der Waals surface area contributed by atoms with Crippen LogP contribution in [0.2, 0.25) is 0 Å². The van der Waals surface area contributed by atoms with Gasteiger partial charge in [-0.25, -0.2) is 0 Å². The van der Waals surface area contributed by atoms with Crippen LogP contribution >= 0.6 is 0 Å². The molecule has 1 atom stereocenters. The Morgan fingerprint density at radius 1 is 1.57 bits per heavy atom. The van der Waals surface area contributed by atoms with E-state index in [-0.39, 0.29) is 23.3 Å². The lowest BCUT2D eigenvalue weighted by atomic mass is 10.3. The Balaban J connectivity index is 1.73. The van der Waals surface area contributed by atoms with Crippen molar-refractivity contribution in [3.63, 3.8) is 0 Å². The molecular formula is C13H16N4O4. The molecule has 2 aromatic rings. The highest BCUT2D eigenvalue weighted by Gasteiger charge is 2.20. The number of likely N-dealkylation sites (N-methyl/N-ethyl adjacent to an activating group) is 1. The van der Waals surface area contributed by atoms with Crippen molar-refractivity contribution in [2.45, 2.75) is 6.10 Å². The summed E-state index contributed by atoms with van der Waals surface area (Å²) in [4.78, 5) is 16.8. The maximum absolute atomic E-state index is 10.9. The molecule has 1 unspecified atom stereocenters. The number of nitro benzene ring substituents is 1. The monoisotopic (exact) mass is 292 g/mol. The van der Waals surface area contributed by atoms with Gasteiger partial charge in [-0.05, 0) is 13.1 Å². The normalized spacial score (nSPS) is 19.8. The molecule has 8 heteroatoms. The van der Waals surface area contributed by atoms with E-state index in [1.807, 2.05) is 7.05 Å². The van der Waals surface area contributed by atoms with Crippen LogP contribution in [0.1, 0.15) is 0 Å². The van der Waals surface area contributed by atoms with Gasteiger partial charge in [0.2, 0.25) is 0 Å². The van der Waals surface area contributed by atoms with E-state index < -0.39 is 4.92 Å². The fourth-order valence-electron chi connectivity index (χ4n) is 2.35. The second-order valence-electron chi connectivity index (χ2n) is 5.04. The summed E-state index contributed by atoms with van der Waals surface area (Å²) in [5.74, 6) is 0. The summed E-state index contributed by atoms with van der Waals surface area (Å²) in [6, 6.07) is 4.92. The molecule has 0 spiro atoms. The number of para-hydroxylation sites is 1. The lowest BCUT2D eigenvalue weighted by molar-refractivity contribution is -0.383. The molecule has 1 aromatic carbocycles. The fraction of sp³-hybridized carbons (Fsp3) is 0.462. The molecule has 0 aliphatic carbocycles. The van der Waals surface area contributed by atoms with Crippen LogP contribution in [-0.2, 0) is 4.74 Å². The number of hydrogen-bond acceptors (Lipinski definition) is 7. The van der Waals surface area contributed by atoms with Crippen molar-refractivity contribution in [1.29, 1.82) is 0 Å². The first-order chi connectivity index (χ1) is 10.1. The third-order valence-corrected chi connectivity index (χ3v) is 3.42. The van der Waals surface area contributed by atoms with E-state index in [0.29, 0.717) is 18.7 Å². The minimum atomic E-state index is -0.464. The molecule has 2 heterocycles. The number of rotatable bonds is 4. The van der Waals surface area contributed by atoms with Crippen molar-refractivity contribution in [3.8, 4) is 0 Å². The quantitative estimate of drug-likeness (QED) is 0.673. The Labute approximate surface area is 120 Å². The zero-order chi connectivity index (χ0) is 14.8. The lowest BCUT2D eigenvalue weighted by Crippen LogP contribution is -2.43. The van der Waals surface area contributed by atoms with Crippen LogP contribution in [0, 0.1) is 10.1 Å². The summed E-state index contributed by atoms with van der Waals surface area (Å²) in [5.41, 5.74) is 0.595. The second-order valence-corrected chi connectivity index (χ2v) is 5.04. The number of hydrogen-bond donors (Lipinski definition) is 1. The topological polar surface area (TPSA) is 93.7 Å². The van der Waals surface area contributed by atoms with Crippen molar-refractivity contribution >= 4 is 22.8 Å². The molecule has 0 bridgehead atoms. The van der Waals surface area contributed by atoms with Gasteiger partial charge in [-0.1, -0.05) is 6.07 Å². The van der Waals surface area contributed by atoms with E-state index in [9.17, 15) is 10.1 Å². The van der Waals surface area contributed by atoms with Crippen molar-refractivity contribution < 1.29 is 14.1 Å². The highest BCUT2D eigenvalue weighted by Crippen LogP contribution is 2.27. The van der Waals surface area contributed by atoms with E-state index in [1.165, 1.54) is 6.07 Å². The van der Waals surface area contributed by atoms with Crippen molar-refractivity contribution in [1.82, 2.24) is 9.88 Å². The summed E-state index contributed by atoms with van der Waals surface area (Å²) in [5, 5.41) is 14.0. The highest BCUT2D eigenvalue weighted by molar-refractivity contribution is 5.83. The van der Waals surface area contributed by atoms with Gasteiger partial charge in [0.1, 0.15) is 0 Å². The number of anilines is 1. The first kappa shape index (κ1) is 13.8. The summed E-state index contributed by atoms with van der Waals surface area (Å²) >= 11 is 0. The summed E-state index contributed by atoms with van der Waals surface area (Å²) < 4.78 is 11.1. The molecule has 1 aliphatic rings. The van der Waals surface area contributed by atoms with Gasteiger partial charge < -0.3 is 19.4 Å². The molecular weight excluding hydrogens is 276 g/mol. The summed E-state index contributed by atoms with van der Waals surface area (Å²) in [7, 11) is 2.04. The van der Waals surface area contributed by atoms with Gasteiger partial charge in [-0.2, -0.15) is 4.98 Å². The van der Waals surface area contributed by atoms with Crippen LogP contribution in [0.3, 0.4) is 0 Å². The van der Waals surface area contributed by atoms with Gasteiger partial charge in [0.25, 0.3) is 11.7 Å². The fourth-order valence-corrected chi connectivity index (χ4v) is 2.35. The molecule has 1 fully saturated rings. The number of non-ortho nitro benzene ring substituents is 1.